The fourth-order valence-electron chi connectivity index (χ4n) is 3.08. The molecule has 0 saturated heterocycles. The number of hydrogen-bond acceptors (Lipinski definition) is 0. The second-order valence-electron chi connectivity index (χ2n) is 5.87. The molecule has 3 aromatic carbocycles. The zero-order valence-corrected chi connectivity index (χ0v) is 12.9. The lowest BCUT2D eigenvalue weighted by Crippen LogP contribution is -1.85. The molecule has 0 nitrogen and oxygen atoms in total. The summed E-state index contributed by atoms with van der Waals surface area (Å²) >= 11 is 0. The topological polar surface area (TPSA) is 0 Å². The van der Waals surface area contributed by atoms with Crippen LogP contribution in [0, 0.1) is 0 Å². The van der Waals surface area contributed by atoms with Gasteiger partial charge < -0.3 is 0 Å². The van der Waals surface area contributed by atoms with E-state index in [0.717, 1.165) is 6.42 Å². The third-order valence-electron chi connectivity index (χ3n) is 4.37. The second kappa shape index (κ2) is 6.10. The summed E-state index contributed by atoms with van der Waals surface area (Å²) < 4.78 is 0. The van der Waals surface area contributed by atoms with Gasteiger partial charge in [0.1, 0.15) is 0 Å². The van der Waals surface area contributed by atoms with Gasteiger partial charge in [-0.25, -0.2) is 0 Å². The maximum absolute atomic E-state index is 2.25. The molecule has 0 N–H and O–H groups in total. The Bertz CT molecular complexity index is 851. The Hall–Kier alpha value is -2.86. The van der Waals surface area contributed by atoms with Crippen molar-refractivity contribution in [2.75, 3.05) is 0 Å². The van der Waals surface area contributed by atoms with E-state index in [1.165, 1.54) is 33.4 Å². The van der Waals surface area contributed by atoms with Crippen molar-refractivity contribution < 1.29 is 0 Å². The molecule has 0 heterocycles. The molecule has 1 aliphatic carbocycles. The molecular formula is C23H18. The van der Waals surface area contributed by atoms with Crippen molar-refractivity contribution in [1.29, 1.82) is 0 Å². The molecule has 1 aliphatic rings. The molecule has 0 aliphatic heterocycles. The van der Waals surface area contributed by atoms with Gasteiger partial charge in [0.25, 0.3) is 0 Å². The van der Waals surface area contributed by atoms with Crippen molar-refractivity contribution in [1.82, 2.24) is 0 Å². The maximum atomic E-state index is 2.25. The zero-order chi connectivity index (χ0) is 15.5. The first-order valence-corrected chi connectivity index (χ1v) is 8.01. The normalized spacial score (nSPS) is 13.6. The highest BCUT2D eigenvalue weighted by molar-refractivity contribution is 5.87. The Balaban J connectivity index is 1.52. The summed E-state index contributed by atoms with van der Waals surface area (Å²) in [6.07, 6.45) is 5.50. The van der Waals surface area contributed by atoms with E-state index in [0.29, 0.717) is 0 Å². The van der Waals surface area contributed by atoms with Crippen LogP contribution in [0.3, 0.4) is 0 Å². The van der Waals surface area contributed by atoms with Gasteiger partial charge in [-0.15, -0.1) is 0 Å². The van der Waals surface area contributed by atoms with Crippen molar-refractivity contribution in [2.45, 2.75) is 6.42 Å². The highest BCUT2D eigenvalue weighted by atomic mass is 14.2. The molecule has 0 amide bonds. The Morgan fingerprint density at radius 2 is 0.783 bits per heavy atom. The van der Waals surface area contributed by atoms with Gasteiger partial charge in [-0.1, -0.05) is 97.1 Å². The van der Waals surface area contributed by atoms with E-state index in [4.69, 9.17) is 0 Å². The molecule has 0 spiro atoms. The molecule has 0 saturated carbocycles. The lowest BCUT2D eigenvalue weighted by atomic mass is 9.97. The molecule has 0 radical (unpaired) electrons. The lowest BCUT2D eigenvalue weighted by molar-refractivity contribution is 1.42. The van der Waals surface area contributed by atoms with Crippen LogP contribution in [-0.4, -0.2) is 0 Å². The van der Waals surface area contributed by atoms with Gasteiger partial charge in [0.2, 0.25) is 0 Å². The van der Waals surface area contributed by atoms with Gasteiger partial charge in [-0.2, -0.15) is 0 Å². The number of hydrogen-bond donors (Lipinski definition) is 0. The largest absolute Gasteiger partial charge is 0.0622 e. The fraction of sp³-hybridized carbons (Fsp3) is 0.0435. The van der Waals surface area contributed by atoms with E-state index >= 15 is 0 Å². The molecule has 0 atom stereocenters. The minimum atomic E-state index is 1.01. The van der Waals surface area contributed by atoms with Crippen LogP contribution in [0.15, 0.2) is 97.1 Å². The molecule has 0 fully saturated rings. The summed E-state index contributed by atoms with van der Waals surface area (Å²) in [6, 6.07) is 30.0. The third-order valence-corrected chi connectivity index (χ3v) is 4.37. The molecule has 110 valence electrons. The Morgan fingerprint density at radius 3 is 1.35 bits per heavy atom. The van der Waals surface area contributed by atoms with Gasteiger partial charge in [-0.05, 0) is 39.8 Å². The van der Waals surface area contributed by atoms with Gasteiger partial charge >= 0.3 is 0 Å². The first kappa shape index (κ1) is 13.8. The maximum Gasteiger partial charge on any atom is -0.00139 e. The first-order valence-electron chi connectivity index (χ1n) is 8.01. The number of allylic oxidation sites excluding steroid dienone is 4. The third kappa shape index (κ3) is 2.89. The molecule has 0 aromatic heterocycles. The molecule has 3 aromatic rings. The van der Waals surface area contributed by atoms with Gasteiger partial charge in [0.05, 0.1) is 0 Å². The zero-order valence-electron chi connectivity index (χ0n) is 12.9. The van der Waals surface area contributed by atoms with Crippen LogP contribution in [0.2, 0.25) is 0 Å². The standard InChI is InChI=1S/C23H18/c1-3-7-18(8-4-1)20-11-13-21(14-12-20)23-16-15-22(17-23)19-9-5-2-6-10-19/h1-16H,17H2. The average Bonchev–Trinajstić information content (AvgIpc) is 3.14. The van der Waals surface area contributed by atoms with E-state index in [-0.39, 0.29) is 0 Å². The van der Waals surface area contributed by atoms with E-state index in [2.05, 4.69) is 97.1 Å². The van der Waals surface area contributed by atoms with Crippen LogP contribution in [-0.2, 0) is 0 Å². The summed E-state index contributed by atoms with van der Waals surface area (Å²) in [5.74, 6) is 0. The van der Waals surface area contributed by atoms with Crippen LogP contribution >= 0.6 is 0 Å². The van der Waals surface area contributed by atoms with Gasteiger partial charge in [0.15, 0.2) is 0 Å². The molecule has 0 bridgehead atoms. The van der Waals surface area contributed by atoms with Crippen LogP contribution < -0.4 is 0 Å². The molecular weight excluding hydrogens is 276 g/mol. The minimum Gasteiger partial charge on any atom is -0.0622 e. The number of benzene rings is 3. The lowest BCUT2D eigenvalue weighted by Gasteiger charge is -2.08. The quantitative estimate of drug-likeness (QED) is 0.537. The average molecular weight is 294 g/mol. The van der Waals surface area contributed by atoms with E-state index in [1.807, 2.05) is 0 Å². The second-order valence-corrected chi connectivity index (χ2v) is 5.87. The highest BCUT2D eigenvalue weighted by Crippen LogP contribution is 2.34. The highest BCUT2D eigenvalue weighted by Gasteiger charge is 2.11. The predicted octanol–water partition coefficient (Wildman–Crippen LogP) is 6.22. The fourth-order valence-corrected chi connectivity index (χ4v) is 3.08. The summed E-state index contributed by atoms with van der Waals surface area (Å²) in [5.41, 5.74) is 7.95. The summed E-state index contributed by atoms with van der Waals surface area (Å²) in [7, 11) is 0. The smallest absolute Gasteiger partial charge is 0.00139 e. The minimum absolute atomic E-state index is 1.01. The van der Waals surface area contributed by atoms with E-state index < -0.39 is 0 Å². The molecule has 0 unspecified atom stereocenters. The van der Waals surface area contributed by atoms with E-state index in [1.54, 1.807) is 0 Å². The molecule has 0 heteroatoms. The van der Waals surface area contributed by atoms with Crippen LogP contribution in [0.1, 0.15) is 17.5 Å². The SMILES string of the molecule is C1=C(c2ccccc2)CC(c2ccc(-c3ccccc3)cc2)=C1. The predicted molar refractivity (Wildman–Crippen MR) is 98.9 cm³/mol. The monoisotopic (exact) mass is 294 g/mol. The first-order chi connectivity index (χ1) is 11.4. The van der Waals surface area contributed by atoms with Gasteiger partial charge in [0, 0.05) is 0 Å². The van der Waals surface area contributed by atoms with Crippen molar-refractivity contribution >= 4 is 11.1 Å². The van der Waals surface area contributed by atoms with Gasteiger partial charge in [-0.3, -0.25) is 0 Å². The van der Waals surface area contributed by atoms with Crippen molar-refractivity contribution in [3.8, 4) is 11.1 Å². The van der Waals surface area contributed by atoms with Crippen LogP contribution in [0.25, 0.3) is 22.3 Å². The van der Waals surface area contributed by atoms with Crippen molar-refractivity contribution in [3.05, 3.63) is 108 Å². The summed E-state index contributed by atoms with van der Waals surface area (Å²) in [5, 5.41) is 0. The van der Waals surface area contributed by atoms with E-state index in [9.17, 15) is 0 Å². The number of rotatable bonds is 3. The molecule has 23 heavy (non-hydrogen) atoms. The van der Waals surface area contributed by atoms with Crippen molar-refractivity contribution in [2.24, 2.45) is 0 Å². The summed E-state index contributed by atoms with van der Waals surface area (Å²) in [6.45, 7) is 0. The Kier molecular flexibility index (Phi) is 3.65. The summed E-state index contributed by atoms with van der Waals surface area (Å²) in [4.78, 5) is 0. The molecule has 4 rings (SSSR count). The Labute approximate surface area is 137 Å². The van der Waals surface area contributed by atoms with Crippen LogP contribution in [0.5, 0.6) is 0 Å². The van der Waals surface area contributed by atoms with Crippen LogP contribution in [0.4, 0.5) is 0 Å². The van der Waals surface area contributed by atoms with Crippen molar-refractivity contribution in [3.63, 3.8) is 0 Å². The Morgan fingerprint density at radius 1 is 0.391 bits per heavy atom.